The molecular formula is C19H20ClNO3S2. The number of aryl methyl sites for hydroxylation is 1. The Kier molecular flexibility index (Phi) is 5.14. The standard InChI is InChI=1S/C19H20ClNO3S2/c1-12-3-5-13(6-4-12)16-17(19(16,11-24-2)18(21)25)26(22,23)15-9-7-14(20)8-10-15/h3-10,16-17H,11H2,1-2H3,(H2,21,25)/t16-,17-,19-/m0/s1. The van der Waals surface area contributed by atoms with Crippen LogP contribution in [0.4, 0.5) is 0 Å². The van der Waals surface area contributed by atoms with Gasteiger partial charge in [0.1, 0.15) is 0 Å². The van der Waals surface area contributed by atoms with E-state index in [0.717, 1.165) is 11.1 Å². The highest BCUT2D eigenvalue weighted by atomic mass is 35.5. The molecule has 3 rings (SSSR count). The number of halogens is 1. The van der Waals surface area contributed by atoms with Crippen LogP contribution in [0, 0.1) is 12.3 Å². The molecule has 1 saturated carbocycles. The highest BCUT2D eigenvalue weighted by Gasteiger charge is 2.73. The number of thiocarbonyl (C=S) groups is 1. The van der Waals surface area contributed by atoms with E-state index in [2.05, 4.69) is 0 Å². The molecule has 0 unspecified atom stereocenters. The van der Waals surface area contributed by atoms with Crippen LogP contribution >= 0.6 is 23.8 Å². The third kappa shape index (κ3) is 3.05. The van der Waals surface area contributed by atoms with Gasteiger partial charge in [0.2, 0.25) is 0 Å². The molecule has 3 atom stereocenters. The molecule has 0 spiro atoms. The zero-order valence-corrected chi connectivity index (χ0v) is 16.9. The van der Waals surface area contributed by atoms with Crippen molar-refractivity contribution in [2.75, 3.05) is 13.7 Å². The van der Waals surface area contributed by atoms with E-state index in [0.29, 0.717) is 5.02 Å². The van der Waals surface area contributed by atoms with Crippen molar-refractivity contribution in [1.29, 1.82) is 0 Å². The van der Waals surface area contributed by atoms with Crippen molar-refractivity contribution in [3.63, 3.8) is 0 Å². The van der Waals surface area contributed by atoms with Gasteiger partial charge in [0.05, 0.1) is 27.2 Å². The lowest BCUT2D eigenvalue weighted by Crippen LogP contribution is -2.33. The number of ether oxygens (including phenoxy) is 1. The lowest BCUT2D eigenvalue weighted by Gasteiger charge is -2.16. The van der Waals surface area contributed by atoms with Gasteiger partial charge in [0.25, 0.3) is 0 Å². The van der Waals surface area contributed by atoms with Crippen LogP contribution < -0.4 is 5.73 Å². The molecule has 0 saturated heterocycles. The van der Waals surface area contributed by atoms with Crippen LogP contribution in [0.1, 0.15) is 17.0 Å². The van der Waals surface area contributed by atoms with Crippen LogP contribution in [0.25, 0.3) is 0 Å². The van der Waals surface area contributed by atoms with Crippen molar-refractivity contribution in [2.45, 2.75) is 23.0 Å². The zero-order chi connectivity index (χ0) is 19.1. The molecule has 1 aliphatic carbocycles. The summed E-state index contributed by atoms with van der Waals surface area (Å²) in [5, 5.41) is -0.288. The monoisotopic (exact) mass is 409 g/mol. The number of hydrogen-bond acceptors (Lipinski definition) is 4. The number of sulfone groups is 1. The molecule has 1 fully saturated rings. The van der Waals surface area contributed by atoms with Gasteiger partial charge in [-0.15, -0.1) is 0 Å². The van der Waals surface area contributed by atoms with Crippen molar-refractivity contribution in [2.24, 2.45) is 11.1 Å². The van der Waals surface area contributed by atoms with Gasteiger partial charge in [-0.1, -0.05) is 53.6 Å². The molecule has 0 heterocycles. The van der Waals surface area contributed by atoms with Crippen LogP contribution in [0.15, 0.2) is 53.4 Å². The second-order valence-corrected chi connectivity index (χ2v) is 9.59. The minimum Gasteiger partial charge on any atom is -0.393 e. The summed E-state index contributed by atoms with van der Waals surface area (Å²) in [4.78, 5) is 0.366. The summed E-state index contributed by atoms with van der Waals surface area (Å²) in [6, 6.07) is 13.9. The number of nitrogens with two attached hydrogens (primary N) is 1. The molecule has 26 heavy (non-hydrogen) atoms. The molecule has 0 radical (unpaired) electrons. The summed E-state index contributed by atoms with van der Waals surface area (Å²) in [7, 11) is -2.15. The molecule has 0 amide bonds. The van der Waals surface area contributed by atoms with E-state index in [4.69, 9.17) is 34.3 Å². The first-order chi connectivity index (χ1) is 12.2. The van der Waals surface area contributed by atoms with Crippen molar-refractivity contribution in [3.05, 3.63) is 64.7 Å². The largest absolute Gasteiger partial charge is 0.393 e. The van der Waals surface area contributed by atoms with Gasteiger partial charge in [-0.25, -0.2) is 8.42 Å². The van der Waals surface area contributed by atoms with Gasteiger partial charge in [-0.3, -0.25) is 0 Å². The first-order valence-electron chi connectivity index (χ1n) is 8.10. The number of benzene rings is 2. The lowest BCUT2D eigenvalue weighted by atomic mass is 9.99. The summed E-state index contributed by atoms with van der Waals surface area (Å²) in [6.07, 6.45) is 0. The fraction of sp³-hybridized carbons (Fsp3) is 0.316. The maximum absolute atomic E-state index is 13.3. The molecule has 2 N–H and O–H groups in total. The predicted molar refractivity (Wildman–Crippen MR) is 107 cm³/mol. The summed E-state index contributed by atoms with van der Waals surface area (Å²) < 4.78 is 32.0. The Bertz CT molecular complexity index is 926. The van der Waals surface area contributed by atoms with E-state index >= 15 is 0 Å². The van der Waals surface area contributed by atoms with Gasteiger partial charge in [-0.2, -0.15) is 0 Å². The van der Waals surface area contributed by atoms with Crippen molar-refractivity contribution < 1.29 is 13.2 Å². The van der Waals surface area contributed by atoms with Gasteiger partial charge < -0.3 is 10.5 Å². The predicted octanol–water partition coefficient (Wildman–Crippen LogP) is 3.51. The molecular weight excluding hydrogens is 390 g/mol. The number of hydrogen-bond donors (Lipinski definition) is 1. The maximum Gasteiger partial charge on any atom is 0.182 e. The Balaban J connectivity index is 2.11. The minimum absolute atomic E-state index is 0.151. The first kappa shape index (κ1) is 19.3. The van der Waals surface area contributed by atoms with Crippen molar-refractivity contribution in [3.8, 4) is 0 Å². The van der Waals surface area contributed by atoms with Gasteiger partial charge in [-0.05, 0) is 36.8 Å². The minimum atomic E-state index is -3.67. The Labute approximate surface area is 164 Å². The Morgan fingerprint density at radius 3 is 2.27 bits per heavy atom. The quantitative estimate of drug-likeness (QED) is 0.739. The maximum atomic E-state index is 13.3. The van der Waals surface area contributed by atoms with Crippen LogP contribution in [-0.4, -0.2) is 32.4 Å². The Hall–Kier alpha value is -1.47. The molecule has 0 aromatic heterocycles. The van der Waals surface area contributed by atoms with Crippen molar-refractivity contribution in [1.82, 2.24) is 0 Å². The fourth-order valence-electron chi connectivity index (χ4n) is 3.65. The highest BCUT2D eigenvalue weighted by Crippen LogP contribution is 2.64. The molecule has 7 heteroatoms. The topological polar surface area (TPSA) is 69.4 Å². The second-order valence-electron chi connectivity index (χ2n) is 6.65. The van der Waals surface area contributed by atoms with Crippen LogP contribution in [0.3, 0.4) is 0 Å². The van der Waals surface area contributed by atoms with E-state index in [9.17, 15) is 8.42 Å². The fourth-order valence-corrected chi connectivity index (χ4v) is 6.55. The van der Waals surface area contributed by atoms with Crippen LogP contribution in [0.5, 0.6) is 0 Å². The SMILES string of the molecule is COC[C@]1(C(N)=S)[C@@H](c2ccc(C)cc2)[C@@H]1S(=O)(=O)c1ccc(Cl)cc1. The van der Waals surface area contributed by atoms with E-state index in [-0.39, 0.29) is 22.4 Å². The number of rotatable bonds is 6. The van der Waals surface area contributed by atoms with Gasteiger partial charge >= 0.3 is 0 Å². The molecule has 4 nitrogen and oxygen atoms in total. The van der Waals surface area contributed by atoms with E-state index in [1.807, 2.05) is 31.2 Å². The summed E-state index contributed by atoms with van der Waals surface area (Å²) >= 11 is 11.2. The van der Waals surface area contributed by atoms with Crippen molar-refractivity contribution >= 4 is 38.6 Å². The summed E-state index contributed by atoms with van der Waals surface area (Å²) in [5.74, 6) is -0.346. The van der Waals surface area contributed by atoms with E-state index < -0.39 is 20.5 Å². The smallest absolute Gasteiger partial charge is 0.182 e. The average molecular weight is 410 g/mol. The molecule has 1 aliphatic rings. The van der Waals surface area contributed by atoms with Crippen LogP contribution in [0.2, 0.25) is 5.02 Å². The lowest BCUT2D eigenvalue weighted by molar-refractivity contribution is 0.166. The average Bonchev–Trinajstić information content (AvgIpc) is 3.27. The molecule has 138 valence electrons. The van der Waals surface area contributed by atoms with E-state index in [1.54, 1.807) is 12.1 Å². The first-order valence-corrected chi connectivity index (χ1v) is 10.4. The third-order valence-electron chi connectivity index (χ3n) is 5.01. The molecule has 0 aliphatic heterocycles. The summed E-state index contributed by atoms with van der Waals surface area (Å²) in [6.45, 7) is 2.13. The summed E-state index contributed by atoms with van der Waals surface area (Å²) in [5.41, 5.74) is 7.10. The number of methoxy groups -OCH3 is 1. The Morgan fingerprint density at radius 2 is 1.77 bits per heavy atom. The van der Waals surface area contributed by atoms with Gasteiger partial charge in [0.15, 0.2) is 9.84 Å². The molecule has 0 bridgehead atoms. The third-order valence-corrected chi connectivity index (χ3v) is 7.93. The molecule has 2 aromatic rings. The Morgan fingerprint density at radius 1 is 1.19 bits per heavy atom. The normalized spacial score (nSPS) is 25.0. The van der Waals surface area contributed by atoms with Gasteiger partial charge in [0, 0.05) is 18.1 Å². The molecule has 2 aromatic carbocycles. The van der Waals surface area contributed by atoms with E-state index in [1.165, 1.54) is 19.2 Å². The van der Waals surface area contributed by atoms with Crippen LogP contribution in [-0.2, 0) is 14.6 Å². The second kappa shape index (κ2) is 6.93. The highest BCUT2D eigenvalue weighted by molar-refractivity contribution is 7.92. The zero-order valence-electron chi connectivity index (χ0n) is 14.5.